The standard InChI is InChI=1S/C8H17NO3/c1-5(10)8(9)4-2-3-6(8)7(11)12/h5-7,10-12H,2-4,9H2,1H3. The number of nitrogens with two attached hydrogens (primary N) is 1. The molecule has 1 aliphatic carbocycles. The van der Waals surface area contributed by atoms with Crippen molar-refractivity contribution in [1.82, 2.24) is 0 Å². The molecular formula is C8H17NO3. The zero-order chi connectivity index (χ0) is 9.35. The van der Waals surface area contributed by atoms with Crippen LogP contribution in [0.2, 0.25) is 0 Å². The molecule has 0 bridgehead atoms. The minimum Gasteiger partial charge on any atom is -0.391 e. The van der Waals surface area contributed by atoms with E-state index < -0.39 is 23.9 Å². The molecule has 0 aromatic rings. The molecular weight excluding hydrogens is 158 g/mol. The maximum absolute atomic E-state index is 9.38. The highest BCUT2D eigenvalue weighted by Crippen LogP contribution is 2.37. The van der Waals surface area contributed by atoms with Crippen molar-refractivity contribution >= 4 is 0 Å². The maximum Gasteiger partial charge on any atom is 0.156 e. The van der Waals surface area contributed by atoms with Crippen molar-refractivity contribution in [2.45, 2.75) is 44.1 Å². The predicted molar refractivity (Wildman–Crippen MR) is 44.2 cm³/mol. The van der Waals surface area contributed by atoms with Crippen molar-refractivity contribution < 1.29 is 15.3 Å². The Labute approximate surface area is 72.0 Å². The first-order chi connectivity index (χ1) is 5.48. The third kappa shape index (κ3) is 1.47. The fourth-order valence-corrected chi connectivity index (χ4v) is 2.03. The van der Waals surface area contributed by atoms with Crippen molar-refractivity contribution in [3.8, 4) is 0 Å². The van der Waals surface area contributed by atoms with Crippen molar-refractivity contribution in [3.05, 3.63) is 0 Å². The van der Waals surface area contributed by atoms with Crippen molar-refractivity contribution in [2.75, 3.05) is 0 Å². The van der Waals surface area contributed by atoms with Gasteiger partial charge in [0, 0.05) is 11.5 Å². The van der Waals surface area contributed by atoms with E-state index in [1.165, 1.54) is 0 Å². The largest absolute Gasteiger partial charge is 0.391 e. The quantitative estimate of drug-likeness (QED) is 0.413. The van der Waals surface area contributed by atoms with Gasteiger partial charge in [0.1, 0.15) is 0 Å². The summed E-state index contributed by atoms with van der Waals surface area (Å²) in [6.07, 6.45) is 0.0919. The molecule has 4 heteroatoms. The Morgan fingerprint density at radius 2 is 2.00 bits per heavy atom. The van der Waals surface area contributed by atoms with E-state index in [9.17, 15) is 5.11 Å². The summed E-state index contributed by atoms with van der Waals surface area (Å²) in [5.41, 5.74) is 5.07. The first kappa shape index (κ1) is 9.92. The lowest BCUT2D eigenvalue weighted by Crippen LogP contribution is -2.55. The molecule has 72 valence electrons. The highest BCUT2D eigenvalue weighted by atomic mass is 16.5. The van der Waals surface area contributed by atoms with Gasteiger partial charge in [-0.15, -0.1) is 0 Å². The molecule has 12 heavy (non-hydrogen) atoms. The zero-order valence-corrected chi connectivity index (χ0v) is 7.27. The Kier molecular flexibility index (Phi) is 2.73. The number of hydrogen-bond donors (Lipinski definition) is 4. The normalized spacial score (nSPS) is 39.0. The average Bonchev–Trinajstić information content (AvgIpc) is 2.32. The number of rotatable bonds is 2. The van der Waals surface area contributed by atoms with E-state index in [0.29, 0.717) is 12.8 Å². The molecule has 0 amide bonds. The Balaban J connectivity index is 2.74. The minimum atomic E-state index is -1.41. The van der Waals surface area contributed by atoms with Gasteiger partial charge in [0.15, 0.2) is 6.29 Å². The summed E-state index contributed by atoms with van der Waals surface area (Å²) < 4.78 is 0. The second kappa shape index (κ2) is 3.30. The first-order valence-electron chi connectivity index (χ1n) is 4.31. The molecule has 0 radical (unpaired) electrons. The van der Waals surface area contributed by atoms with Gasteiger partial charge >= 0.3 is 0 Å². The van der Waals surface area contributed by atoms with Crippen LogP contribution in [0.1, 0.15) is 26.2 Å². The number of hydrogen-bond acceptors (Lipinski definition) is 4. The Hall–Kier alpha value is -0.160. The van der Waals surface area contributed by atoms with Crippen LogP contribution >= 0.6 is 0 Å². The van der Waals surface area contributed by atoms with Gasteiger partial charge in [-0.25, -0.2) is 0 Å². The van der Waals surface area contributed by atoms with E-state index in [-0.39, 0.29) is 0 Å². The second-order valence-corrected chi connectivity index (χ2v) is 3.70. The van der Waals surface area contributed by atoms with Crippen LogP contribution in [0.4, 0.5) is 0 Å². The van der Waals surface area contributed by atoms with Gasteiger partial charge in [-0.2, -0.15) is 0 Å². The third-order valence-corrected chi connectivity index (χ3v) is 2.95. The van der Waals surface area contributed by atoms with Crippen LogP contribution in [0.5, 0.6) is 0 Å². The lowest BCUT2D eigenvalue weighted by atomic mass is 9.83. The SMILES string of the molecule is CC(O)C1(N)CCCC1C(O)O. The van der Waals surface area contributed by atoms with Gasteiger partial charge in [0.05, 0.1) is 6.10 Å². The molecule has 0 aliphatic heterocycles. The highest BCUT2D eigenvalue weighted by molar-refractivity contribution is 5.00. The maximum atomic E-state index is 9.38. The van der Waals surface area contributed by atoms with Gasteiger partial charge in [-0.1, -0.05) is 6.42 Å². The van der Waals surface area contributed by atoms with Crippen molar-refractivity contribution in [3.63, 3.8) is 0 Å². The van der Waals surface area contributed by atoms with Crippen LogP contribution in [-0.2, 0) is 0 Å². The van der Waals surface area contributed by atoms with Gasteiger partial charge in [-0.05, 0) is 19.8 Å². The van der Waals surface area contributed by atoms with E-state index >= 15 is 0 Å². The van der Waals surface area contributed by atoms with E-state index in [1.54, 1.807) is 6.92 Å². The van der Waals surface area contributed by atoms with Gasteiger partial charge < -0.3 is 21.1 Å². The lowest BCUT2D eigenvalue weighted by molar-refractivity contribution is -0.113. The summed E-state index contributed by atoms with van der Waals surface area (Å²) in [7, 11) is 0. The van der Waals surface area contributed by atoms with Gasteiger partial charge in [0.25, 0.3) is 0 Å². The summed E-state index contributed by atoms with van der Waals surface area (Å²) >= 11 is 0. The van der Waals surface area contributed by atoms with Crippen molar-refractivity contribution in [2.24, 2.45) is 11.7 Å². The molecule has 1 fully saturated rings. The van der Waals surface area contributed by atoms with Crippen molar-refractivity contribution in [1.29, 1.82) is 0 Å². The molecule has 0 spiro atoms. The number of aliphatic hydroxyl groups is 3. The monoisotopic (exact) mass is 175 g/mol. The molecule has 3 atom stereocenters. The third-order valence-electron chi connectivity index (χ3n) is 2.95. The predicted octanol–water partition coefficient (Wildman–Crippen LogP) is -0.825. The molecule has 0 aromatic carbocycles. The van der Waals surface area contributed by atoms with E-state index in [0.717, 1.165) is 6.42 Å². The molecule has 1 rings (SSSR count). The summed E-state index contributed by atoms with van der Waals surface area (Å²) in [6, 6.07) is 0. The molecule has 3 unspecified atom stereocenters. The highest BCUT2D eigenvalue weighted by Gasteiger charge is 2.46. The van der Waals surface area contributed by atoms with Crippen LogP contribution in [0.15, 0.2) is 0 Å². The first-order valence-corrected chi connectivity index (χ1v) is 4.31. The summed E-state index contributed by atoms with van der Waals surface area (Å²) in [5, 5.41) is 27.4. The molecule has 1 aliphatic rings. The van der Waals surface area contributed by atoms with Crippen LogP contribution in [0, 0.1) is 5.92 Å². The Bertz CT molecular complexity index is 160. The topological polar surface area (TPSA) is 86.7 Å². The van der Waals surface area contributed by atoms with Crippen LogP contribution in [0.25, 0.3) is 0 Å². The molecule has 0 aromatic heterocycles. The summed E-state index contributed by atoms with van der Waals surface area (Å²) in [6.45, 7) is 1.60. The van der Waals surface area contributed by atoms with E-state index in [2.05, 4.69) is 0 Å². The minimum absolute atomic E-state index is 0.391. The summed E-state index contributed by atoms with van der Waals surface area (Å²) in [4.78, 5) is 0. The lowest BCUT2D eigenvalue weighted by Gasteiger charge is -2.35. The van der Waals surface area contributed by atoms with Gasteiger partial charge in [0.2, 0.25) is 0 Å². The number of aliphatic hydroxyl groups excluding tert-OH is 2. The molecule has 4 nitrogen and oxygen atoms in total. The van der Waals surface area contributed by atoms with E-state index in [1.807, 2.05) is 0 Å². The van der Waals surface area contributed by atoms with Crippen LogP contribution in [-0.4, -0.2) is 33.3 Å². The van der Waals surface area contributed by atoms with Crippen LogP contribution < -0.4 is 5.73 Å². The Morgan fingerprint density at radius 3 is 2.33 bits per heavy atom. The van der Waals surface area contributed by atoms with Gasteiger partial charge in [-0.3, -0.25) is 0 Å². The molecule has 0 saturated heterocycles. The van der Waals surface area contributed by atoms with E-state index in [4.69, 9.17) is 15.9 Å². The fraction of sp³-hybridized carbons (Fsp3) is 1.00. The average molecular weight is 175 g/mol. The Morgan fingerprint density at radius 1 is 1.42 bits per heavy atom. The molecule has 1 saturated carbocycles. The summed E-state index contributed by atoms with van der Waals surface area (Å²) in [5.74, 6) is -0.391. The smallest absolute Gasteiger partial charge is 0.156 e. The second-order valence-electron chi connectivity index (χ2n) is 3.70. The molecule has 0 heterocycles. The zero-order valence-electron chi connectivity index (χ0n) is 7.27. The molecule has 5 N–H and O–H groups in total. The van der Waals surface area contributed by atoms with Crippen LogP contribution in [0.3, 0.4) is 0 Å². The fourth-order valence-electron chi connectivity index (χ4n) is 2.03.